The number of rotatable bonds is 6. The molecule has 3 heteroatoms. The van der Waals surface area contributed by atoms with Crippen LogP contribution in [0.25, 0.3) is 0 Å². The first-order valence-electron chi connectivity index (χ1n) is 6.94. The molecule has 0 aliphatic rings. The van der Waals surface area contributed by atoms with Crippen molar-refractivity contribution in [1.82, 2.24) is 0 Å². The van der Waals surface area contributed by atoms with Crippen molar-refractivity contribution in [3.8, 4) is 5.75 Å². The summed E-state index contributed by atoms with van der Waals surface area (Å²) in [6, 6.07) is 15.8. The Kier molecular flexibility index (Phi) is 5.45. The zero-order valence-electron chi connectivity index (χ0n) is 11.7. The van der Waals surface area contributed by atoms with E-state index in [0.29, 0.717) is 11.6 Å². The van der Waals surface area contributed by atoms with Crippen LogP contribution in [-0.4, -0.2) is 6.54 Å². The molecule has 0 heterocycles. The minimum atomic E-state index is -0.149. The number of benzene rings is 2. The highest BCUT2D eigenvalue weighted by Gasteiger charge is 2.11. The SMILES string of the molecule is CCCc1ccc(OC(CN)c2ccc(Cl)cc2)cc1. The Labute approximate surface area is 125 Å². The second kappa shape index (κ2) is 7.32. The zero-order valence-corrected chi connectivity index (χ0v) is 12.4. The Morgan fingerprint density at radius 1 is 1.05 bits per heavy atom. The lowest BCUT2D eigenvalue weighted by Crippen LogP contribution is -2.18. The summed E-state index contributed by atoms with van der Waals surface area (Å²) < 4.78 is 5.95. The molecule has 0 aliphatic carbocycles. The molecule has 2 N–H and O–H groups in total. The third-order valence-electron chi connectivity index (χ3n) is 3.20. The topological polar surface area (TPSA) is 35.2 Å². The van der Waals surface area contributed by atoms with Gasteiger partial charge in [-0.2, -0.15) is 0 Å². The largest absolute Gasteiger partial charge is 0.484 e. The molecule has 1 atom stereocenters. The van der Waals surface area contributed by atoms with E-state index in [1.54, 1.807) is 0 Å². The maximum Gasteiger partial charge on any atom is 0.136 e. The molecule has 0 fully saturated rings. The van der Waals surface area contributed by atoms with Crippen LogP contribution in [0.15, 0.2) is 48.5 Å². The number of nitrogens with two attached hydrogens (primary N) is 1. The molecular formula is C17H20ClNO. The molecule has 2 rings (SSSR count). The normalized spacial score (nSPS) is 12.2. The quantitative estimate of drug-likeness (QED) is 0.857. The lowest BCUT2D eigenvalue weighted by atomic mass is 10.1. The maximum atomic E-state index is 5.95. The average Bonchev–Trinajstić information content (AvgIpc) is 2.48. The molecule has 1 unspecified atom stereocenters. The highest BCUT2D eigenvalue weighted by molar-refractivity contribution is 6.30. The molecule has 2 nitrogen and oxygen atoms in total. The van der Waals surface area contributed by atoms with Gasteiger partial charge in [0.25, 0.3) is 0 Å². The Hall–Kier alpha value is -1.51. The fraction of sp³-hybridized carbons (Fsp3) is 0.294. The van der Waals surface area contributed by atoms with E-state index in [0.717, 1.165) is 24.2 Å². The molecule has 0 bridgehead atoms. The van der Waals surface area contributed by atoms with Crippen LogP contribution in [0, 0.1) is 0 Å². The number of aryl methyl sites for hydroxylation is 1. The number of hydrogen-bond acceptors (Lipinski definition) is 2. The summed E-state index contributed by atoms with van der Waals surface area (Å²) in [7, 11) is 0. The van der Waals surface area contributed by atoms with Crippen molar-refractivity contribution in [2.45, 2.75) is 25.9 Å². The molecule has 0 amide bonds. The van der Waals surface area contributed by atoms with E-state index >= 15 is 0 Å². The van der Waals surface area contributed by atoms with Gasteiger partial charge in [-0.25, -0.2) is 0 Å². The van der Waals surface area contributed by atoms with Crippen LogP contribution in [0.2, 0.25) is 5.02 Å². The predicted octanol–water partition coefficient (Wildman–Crippen LogP) is 4.37. The highest BCUT2D eigenvalue weighted by Crippen LogP contribution is 2.23. The van der Waals surface area contributed by atoms with Gasteiger partial charge in [0.1, 0.15) is 11.9 Å². The van der Waals surface area contributed by atoms with Gasteiger partial charge in [-0.1, -0.05) is 49.2 Å². The van der Waals surface area contributed by atoms with E-state index in [2.05, 4.69) is 19.1 Å². The molecule has 20 heavy (non-hydrogen) atoms. The van der Waals surface area contributed by atoms with Crippen molar-refractivity contribution in [3.63, 3.8) is 0 Å². The molecule has 0 aliphatic heterocycles. The summed E-state index contributed by atoms with van der Waals surface area (Å²) in [5.74, 6) is 0.843. The fourth-order valence-corrected chi connectivity index (χ4v) is 2.24. The van der Waals surface area contributed by atoms with E-state index in [1.165, 1.54) is 5.56 Å². The van der Waals surface area contributed by atoms with E-state index in [9.17, 15) is 0 Å². The smallest absolute Gasteiger partial charge is 0.136 e. The standard InChI is InChI=1S/C17H20ClNO/c1-2-3-13-4-10-16(11-5-13)20-17(12-19)14-6-8-15(18)9-7-14/h4-11,17H,2-3,12,19H2,1H3. The van der Waals surface area contributed by atoms with Crippen LogP contribution in [0.5, 0.6) is 5.75 Å². The average molecular weight is 290 g/mol. The Morgan fingerprint density at radius 3 is 2.25 bits per heavy atom. The first-order chi connectivity index (χ1) is 9.72. The zero-order chi connectivity index (χ0) is 14.4. The number of hydrogen-bond donors (Lipinski definition) is 1. The monoisotopic (exact) mass is 289 g/mol. The second-order valence-corrected chi connectivity index (χ2v) is 5.22. The Bertz CT molecular complexity index is 522. The van der Waals surface area contributed by atoms with Crippen molar-refractivity contribution in [2.24, 2.45) is 5.73 Å². The van der Waals surface area contributed by atoms with Gasteiger partial charge in [0.05, 0.1) is 0 Å². The van der Waals surface area contributed by atoms with E-state index in [-0.39, 0.29) is 6.10 Å². The Balaban J connectivity index is 2.07. The van der Waals surface area contributed by atoms with Crippen LogP contribution < -0.4 is 10.5 Å². The van der Waals surface area contributed by atoms with Crippen molar-refractivity contribution in [2.75, 3.05) is 6.54 Å². The van der Waals surface area contributed by atoms with Crippen molar-refractivity contribution in [3.05, 3.63) is 64.7 Å². The molecule has 0 aromatic heterocycles. The summed E-state index contributed by atoms with van der Waals surface area (Å²) in [5, 5.41) is 0.716. The summed E-state index contributed by atoms with van der Waals surface area (Å²) in [4.78, 5) is 0. The number of ether oxygens (including phenoxy) is 1. The van der Waals surface area contributed by atoms with E-state index < -0.39 is 0 Å². The molecule has 106 valence electrons. The van der Waals surface area contributed by atoms with Gasteiger partial charge in [-0.3, -0.25) is 0 Å². The van der Waals surface area contributed by atoms with Gasteiger partial charge in [0, 0.05) is 11.6 Å². The first-order valence-corrected chi connectivity index (χ1v) is 7.32. The fourth-order valence-electron chi connectivity index (χ4n) is 2.12. The van der Waals surface area contributed by atoms with Crippen LogP contribution in [0.1, 0.15) is 30.6 Å². The van der Waals surface area contributed by atoms with Crippen LogP contribution >= 0.6 is 11.6 Å². The Morgan fingerprint density at radius 2 is 1.70 bits per heavy atom. The van der Waals surface area contributed by atoms with Gasteiger partial charge in [0.2, 0.25) is 0 Å². The molecule has 2 aromatic carbocycles. The maximum absolute atomic E-state index is 5.95. The molecule has 0 saturated heterocycles. The summed E-state index contributed by atoms with van der Waals surface area (Å²) >= 11 is 5.89. The highest BCUT2D eigenvalue weighted by atomic mass is 35.5. The van der Waals surface area contributed by atoms with Crippen LogP contribution in [0.4, 0.5) is 0 Å². The van der Waals surface area contributed by atoms with Gasteiger partial charge in [-0.05, 0) is 41.8 Å². The van der Waals surface area contributed by atoms with Crippen molar-refractivity contribution >= 4 is 11.6 Å². The van der Waals surface area contributed by atoms with E-state index in [4.69, 9.17) is 22.1 Å². The van der Waals surface area contributed by atoms with E-state index in [1.807, 2.05) is 36.4 Å². The minimum absolute atomic E-state index is 0.149. The van der Waals surface area contributed by atoms with Gasteiger partial charge < -0.3 is 10.5 Å². The molecule has 0 spiro atoms. The number of halogens is 1. The molecular weight excluding hydrogens is 270 g/mol. The second-order valence-electron chi connectivity index (χ2n) is 4.79. The summed E-state index contributed by atoms with van der Waals surface area (Å²) in [6.07, 6.45) is 2.10. The predicted molar refractivity (Wildman–Crippen MR) is 84.3 cm³/mol. The summed E-state index contributed by atoms with van der Waals surface area (Å²) in [6.45, 7) is 2.60. The van der Waals surface area contributed by atoms with Crippen LogP contribution in [0.3, 0.4) is 0 Å². The van der Waals surface area contributed by atoms with Gasteiger partial charge >= 0.3 is 0 Å². The molecule has 2 aromatic rings. The summed E-state index contributed by atoms with van der Waals surface area (Å²) in [5.41, 5.74) is 8.18. The van der Waals surface area contributed by atoms with Crippen LogP contribution in [-0.2, 0) is 6.42 Å². The minimum Gasteiger partial charge on any atom is -0.484 e. The third kappa shape index (κ3) is 3.99. The molecule has 0 saturated carbocycles. The van der Waals surface area contributed by atoms with Gasteiger partial charge in [0.15, 0.2) is 0 Å². The first kappa shape index (κ1) is 14.9. The van der Waals surface area contributed by atoms with Crippen molar-refractivity contribution in [1.29, 1.82) is 0 Å². The third-order valence-corrected chi connectivity index (χ3v) is 3.45. The lowest BCUT2D eigenvalue weighted by Gasteiger charge is -2.18. The lowest BCUT2D eigenvalue weighted by molar-refractivity contribution is 0.214. The van der Waals surface area contributed by atoms with Crippen molar-refractivity contribution < 1.29 is 4.74 Å². The van der Waals surface area contributed by atoms with Gasteiger partial charge in [-0.15, -0.1) is 0 Å². The molecule has 0 radical (unpaired) electrons.